The van der Waals surface area contributed by atoms with Crippen molar-refractivity contribution < 1.29 is 32.3 Å². The van der Waals surface area contributed by atoms with E-state index in [1.54, 1.807) is 17.2 Å². The van der Waals surface area contributed by atoms with Crippen molar-refractivity contribution in [1.82, 2.24) is 19.6 Å². The van der Waals surface area contributed by atoms with Gasteiger partial charge in [-0.05, 0) is 116 Å². The van der Waals surface area contributed by atoms with Crippen molar-refractivity contribution in [2.24, 2.45) is 16.2 Å². The molecule has 352 valence electrons. The maximum Gasteiger partial charge on any atom is 0.293 e. The molecule has 2 aromatic heterocycles. The van der Waals surface area contributed by atoms with Crippen LogP contribution in [0.25, 0.3) is 11.0 Å². The number of aromatic amines is 1. The number of carbonyl (C=O) groups excluding carboxylic acids is 1. The summed E-state index contributed by atoms with van der Waals surface area (Å²) in [5, 5.41) is 16.0. The van der Waals surface area contributed by atoms with Gasteiger partial charge in [-0.15, -0.1) is 0 Å². The van der Waals surface area contributed by atoms with Gasteiger partial charge >= 0.3 is 0 Å². The Balaban J connectivity index is 0.917. The maximum atomic E-state index is 14.4. The van der Waals surface area contributed by atoms with E-state index in [0.717, 1.165) is 49.9 Å². The third-order valence-corrected chi connectivity index (χ3v) is 16.6. The standard InChI is InChI=1S/C49H62N8O8S/c1-47(2)11-9-34(39(28-47)49-14-12-48(3,32-49)13-15-49)30-54-18-20-55(21-19-54)35-5-7-38(41(26-35)56-17-4-22-65-46-43(56)25-33-10-16-50-44(33)52-46)45(58)53-66(61,62)37-6-8-40(42(27-37)57(59)60)51-29-36-31-63-23-24-64-36/h5-8,10,16,25-27,36,51H,4,9,11-15,17-24,28-32H2,1-3H3,(H,50,52)(H,53,58). The predicted octanol–water partition coefficient (Wildman–Crippen LogP) is 7.94. The van der Waals surface area contributed by atoms with Crippen molar-refractivity contribution in [3.63, 3.8) is 0 Å². The summed E-state index contributed by atoms with van der Waals surface area (Å²) in [4.78, 5) is 40.4. The second kappa shape index (κ2) is 17.4. The van der Waals surface area contributed by atoms with E-state index < -0.39 is 31.4 Å². The first-order chi connectivity index (χ1) is 31.7. The van der Waals surface area contributed by atoms with E-state index in [9.17, 15) is 23.3 Å². The van der Waals surface area contributed by atoms with E-state index in [4.69, 9.17) is 19.2 Å². The molecule has 1 unspecified atom stereocenters. The summed E-state index contributed by atoms with van der Waals surface area (Å²) in [5.74, 6) is -0.463. The average molecular weight is 923 g/mol. The van der Waals surface area contributed by atoms with Gasteiger partial charge in [-0.3, -0.25) is 19.8 Å². The van der Waals surface area contributed by atoms with Gasteiger partial charge in [0.05, 0.1) is 53.6 Å². The summed E-state index contributed by atoms with van der Waals surface area (Å²) in [6, 6.07) is 13.0. The number of nitro benzene ring substituents is 1. The first-order valence-corrected chi connectivity index (χ1v) is 25.2. The lowest BCUT2D eigenvalue weighted by atomic mass is 9.64. The van der Waals surface area contributed by atoms with Crippen molar-refractivity contribution in [3.8, 4) is 5.88 Å². The van der Waals surface area contributed by atoms with Gasteiger partial charge in [0.1, 0.15) is 17.0 Å². The first kappa shape index (κ1) is 44.6. The molecule has 5 heterocycles. The minimum absolute atomic E-state index is 0.121. The highest BCUT2D eigenvalue weighted by Gasteiger charge is 2.54. The normalized spacial score (nSPS) is 25.7. The van der Waals surface area contributed by atoms with Crippen LogP contribution in [-0.2, 0) is 19.5 Å². The van der Waals surface area contributed by atoms with Crippen molar-refractivity contribution in [2.45, 2.75) is 89.6 Å². The number of hydrogen-bond acceptors (Lipinski definition) is 13. The highest BCUT2D eigenvalue weighted by molar-refractivity contribution is 7.90. The molecular weight excluding hydrogens is 861 g/mol. The van der Waals surface area contributed by atoms with E-state index in [1.807, 2.05) is 35.4 Å². The molecule has 3 N–H and O–H groups in total. The Labute approximate surface area is 386 Å². The Bertz CT molecular complexity index is 2660. The summed E-state index contributed by atoms with van der Waals surface area (Å²) < 4.78 is 47.4. The average Bonchev–Trinajstić information content (AvgIpc) is 3.97. The SMILES string of the molecule is CC1(C)CCC(CN2CCN(c3ccc(C(=O)NS(=O)(=O)c4ccc(NCC5COCCO5)c([N+](=O)[O-])c4)c(N4CCCOc5nc6[nH]ccc6cc54)c3)CC2)=C(C23CCC(C)(CC2)C3)C1. The number of ether oxygens (including phenoxy) is 3. The number of amides is 1. The molecular formula is C49H62N8O8S. The largest absolute Gasteiger partial charge is 0.476 e. The number of piperazine rings is 1. The smallest absolute Gasteiger partial charge is 0.293 e. The molecule has 3 aliphatic heterocycles. The highest BCUT2D eigenvalue weighted by Crippen LogP contribution is 2.67. The van der Waals surface area contributed by atoms with Gasteiger partial charge in [-0.2, -0.15) is 4.98 Å². The molecule has 2 saturated carbocycles. The Hall–Kier alpha value is -5.23. The minimum atomic E-state index is -4.58. The lowest BCUT2D eigenvalue weighted by molar-refractivity contribution is -0.384. The Morgan fingerprint density at radius 3 is 2.52 bits per heavy atom. The number of H-pyrrole nitrogens is 1. The van der Waals surface area contributed by atoms with E-state index in [2.05, 4.69) is 45.6 Å². The molecule has 3 aliphatic carbocycles. The van der Waals surface area contributed by atoms with Gasteiger partial charge in [0.2, 0.25) is 5.88 Å². The highest BCUT2D eigenvalue weighted by atomic mass is 32.2. The number of benzene rings is 2. The second-order valence-electron chi connectivity index (χ2n) is 20.6. The molecule has 10 rings (SSSR count). The molecule has 17 heteroatoms. The number of anilines is 4. The number of rotatable bonds is 12. The van der Waals surface area contributed by atoms with E-state index >= 15 is 0 Å². The van der Waals surface area contributed by atoms with Crippen molar-refractivity contribution in [3.05, 3.63) is 81.6 Å². The fraction of sp³-hybridized carbons (Fsp3) is 0.551. The number of fused-ring (bicyclic) bond motifs is 4. The Kier molecular flexibility index (Phi) is 11.8. The van der Waals surface area contributed by atoms with Gasteiger partial charge < -0.3 is 34.3 Å². The van der Waals surface area contributed by atoms with Crippen LogP contribution in [0.1, 0.15) is 88.9 Å². The van der Waals surface area contributed by atoms with Crippen molar-refractivity contribution >= 4 is 55.4 Å². The summed E-state index contributed by atoms with van der Waals surface area (Å²) in [6.07, 6.45) is 12.5. The molecule has 1 atom stereocenters. The number of hydrogen-bond donors (Lipinski definition) is 3. The molecule has 0 radical (unpaired) electrons. The summed E-state index contributed by atoms with van der Waals surface area (Å²) in [6.45, 7) is 14.2. The third kappa shape index (κ3) is 8.86. The zero-order valence-corrected chi connectivity index (χ0v) is 39.1. The fourth-order valence-corrected chi connectivity index (χ4v) is 12.6. The third-order valence-electron chi connectivity index (χ3n) is 15.3. The molecule has 2 aromatic carbocycles. The Morgan fingerprint density at radius 2 is 1.77 bits per heavy atom. The molecule has 2 saturated heterocycles. The lowest BCUT2D eigenvalue weighted by Gasteiger charge is -2.43. The molecule has 0 spiro atoms. The molecule has 2 bridgehead atoms. The summed E-state index contributed by atoms with van der Waals surface area (Å²) >= 11 is 0. The van der Waals surface area contributed by atoms with Gasteiger partial charge in [0, 0.05) is 69.2 Å². The monoisotopic (exact) mass is 922 g/mol. The van der Waals surface area contributed by atoms with E-state index in [1.165, 1.54) is 63.5 Å². The number of nitro groups is 1. The van der Waals surface area contributed by atoms with Crippen LogP contribution in [0.5, 0.6) is 5.88 Å². The maximum absolute atomic E-state index is 14.4. The van der Waals surface area contributed by atoms with E-state index in [0.29, 0.717) is 78.5 Å². The van der Waals surface area contributed by atoms with Crippen LogP contribution in [0, 0.1) is 26.4 Å². The number of sulfonamides is 1. The molecule has 4 fully saturated rings. The van der Waals surface area contributed by atoms with Gasteiger partial charge in [-0.1, -0.05) is 31.9 Å². The van der Waals surface area contributed by atoms with Crippen LogP contribution in [0.3, 0.4) is 0 Å². The fourth-order valence-electron chi connectivity index (χ4n) is 11.7. The Morgan fingerprint density at radius 1 is 0.955 bits per heavy atom. The number of aromatic nitrogens is 2. The lowest BCUT2D eigenvalue weighted by Crippen LogP contribution is -2.47. The zero-order valence-electron chi connectivity index (χ0n) is 38.3. The molecule has 4 aromatic rings. The minimum Gasteiger partial charge on any atom is -0.476 e. The van der Waals surface area contributed by atoms with Crippen LogP contribution in [0.4, 0.5) is 28.4 Å². The van der Waals surface area contributed by atoms with Crippen LogP contribution in [0.2, 0.25) is 0 Å². The molecule has 6 aliphatic rings. The van der Waals surface area contributed by atoms with Crippen LogP contribution in [-0.4, -0.2) is 112 Å². The van der Waals surface area contributed by atoms with Crippen LogP contribution in [0.15, 0.2) is 70.8 Å². The zero-order chi connectivity index (χ0) is 45.8. The topological polar surface area (TPSA) is 185 Å². The molecule has 1 amide bonds. The summed E-state index contributed by atoms with van der Waals surface area (Å²) in [7, 11) is -4.58. The van der Waals surface area contributed by atoms with Gasteiger partial charge in [0.25, 0.3) is 21.6 Å². The predicted molar refractivity (Wildman–Crippen MR) is 253 cm³/mol. The number of nitrogens with zero attached hydrogens (tertiary/aromatic N) is 5. The van der Waals surface area contributed by atoms with Gasteiger partial charge in [-0.25, -0.2) is 13.1 Å². The molecule has 66 heavy (non-hydrogen) atoms. The van der Waals surface area contributed by atoms with Crippen molar-refractivity contribution in [1.29, 1.82) is 0 Å². The van der Waals surface area contributed by atoms with Crippen LogP contribution >= 0.6 is 0 Å². The quantitative estimate of drug-likeness (QED) is 0.0708. The second-order valence-corrected chi connectivity index (χ2v) is 22.2. The van der Waals surface area contributed by atoms with E-state index in [-0.39, 0.29) is 23.9 Å². The molecule has 16 nitrogen and oxygen atoms in total. The first-order valence-electron chi connectivity index (χ1n) is 23.7. The van der Waals surface area contributed by atoms with Crippen LogP contribution < -0.4 is 24.6 Å². The number of carbonyl (C=O) groups is 1. The summed E-state index contributed by atoms with van der Waals surface area (Å²) in [5.41, 5.74) is 7.28. The number of allylic oxidation sites excluding steroid dienone is 1. The van der Waals surface area contributed by atoms with Gasteiger partial charge in [0.15, 0.2) is 0 Å². The number of nitrogens with one attached hydrogen (secondary N) is 3. The van der Waals surface area contributed by atoms with Crippen molar-refractivity contribution in [2.75, 3.05) is 87.4 Å². The number of pyridine rings is 1.